The summed E-state index contributed by atoms with van der Waals surface area (Å²) in [6.45, 7) is 2.07. The van der Waals surface area contributed by atoms with E-state index in [1.54, 1.807) is 0 Å². The minimum atomic E-state index is -4.82. The first-order valence-electron chi connectivity index (χ1n) is 8.29. The van der Waals surface area contributed by atoms with Gasteiger partial charge in [0.2, 0.25) is 0 Å². The number of hydrogen-bond donors (Lipinski definition) is 1. The fraction of sp³-hybridized carbons (Fsp3) is 0.562. The van der Waals surface area contributed by atoms with Crippen LogP contribution in [0, 0.1) is 0 Å². The van der Waals surface area contributed by atoms with E-state index < -0.39 is 40.1 Å². The molecule has 1 saturated heterocycles. The average Bonchev–Trinajstić information content (AvgIpc) is 2.54. The monoisotopic (exact) mass is 427 g/mol. The fourth-order valence-corrected chi connectivity index (χ4v) is 3.28. The minimum Gasteiger partial charge on any atom is -0.460 e. The van der Waals surface area contributed by atoms with Gasteiger partial charge in [-0.05, 0) is 17.7 Å². The van der Waals surface area contributed by atoms with Gasteiger partial charge in [0.05, 0.1) is 19.6 Å². The maximum atomic E-state index is 12.1. The van der Waals surface area contributed by atoms with Gasteiger partial charge in [-0.25, -0.2) is 0 Å². The molecular weight excluding hydrogens is 407 g/mol. The second-order valence-electron chi connectivity index (χ2n) is 6.14. The number of carbonyl (C=O) groups is 1. The van der Waals surface area contributed by atoms with Gasteiger partial charge >= 0.3 is 12.3 Å². The molecule has 1 N–H and O–H groups in total. The van der Waals surface area contributed by atoms with Crippen molar-refractivity contribution in [1.82, 2.24) is 4.90 Å². The Hall–Kier alpha value is -1.89. The Morgan fingerprint density at radius 1 is 1.21 bits per heavy atom. The SMILES string of the molecule is O=C(Cc1ccc(OC(F)(F)F)cc1)OC(CN1CCOCC1)CS(=O)(=O)O. The molecule has 12 heteroatoms. The van der Waals surface area contributed by atoms with Gasteiger partial charge in [0, 0.05) is 19.6 Å². The van der Waals surface area contributed by atoms with Crippen molar-refractivity contribution < 1.29 is 45.1 Å². The Labute approximate surface area is 159 Å². The molecule has 0 spiro atoms. The summed E-state index contributed by atoms with van der Waals surface area (Å²) in [6, 6.07) is 4.64. The minimum absolute atomic E-state index is 0.104. The van der Waals surface area contributed by atoms with Crippen LogP contribution >= 0.6 is 0 Å². The highest BCUT2D eigenvalue weighted by atomic mass is 32.2. The number of hydrogen-bond acceptors (Lipinski definition) is 7. The molecule has 158 valence electrons. The number of halogens is 3. The zero-order valence-corrected chi connectivity index (χ0v) is 15.5. The van der Waals surface area contributed by atoms with Crippen LogP contribution in [0.15, 0.2) is 24.3 Å². The molecule has 2 rings (SSSR count). The molecule has 1 heterocycles. The summed E-state index contributed by atoms with van der Waals surface area (Å²) in [5.41, 5.74) is 0.358. The second-order valence-corrected chi connectivity index (χ2v) is 7.64. The van der Waals surface area contributed by atoms with Crippen LogP contribution in [0.2, 0.25) is 0 Å². The summed E-state index contributed by atoms with van der Waals surface area (Å²) in [6.07, 6.45) is -6.19. The zero-order chi connectivity index (χ0) is 20.8. The molecular formula is C16H20F3NO7S. The number of rotatable bonds is 8. The second kappa shape index (κ2) is 9.54. The van der Waals surface area contributed by atoms with E-state index in [0.717, 1.165) is 12.1 Å². The molecule has 1 aliphatic heterocycles. The Morgan fingerprint density at radius 3 is 2.36 bits per heavy atom. The van der Waals surface area contributed by atoms with Crippen LogP contribution < -0.4 is 4.74 Å². The lowest BCUT2D eigenvalue weighted by Crippen LogP contribution is -2.44. The third-order valence-electron chi connectivity index (χ3n) is 3.77. The van der Waals surface area contributed by atoms with Gasteiger partial charge in [0.25, 0.3) is 10.1 Å². The number of ether oxygens (including phenoxy) is 3. The van der Waals surface area contributed by atoms with Crippen molar-refractivity contribution in [2.75, 3.05) is 38.6 Å². The van der Waals surface area contributed by atoms with Crippen LogP contribution in [0.4, 0.5) is 13.2 Å². The molecule has 8 nitrogen and oxygen atoms in total. The molecule has 0 bridgehead atoms. The highest BCUT2D eigenvalue weighted by Crippen LogP contribution is 2.23. The molecule has 1 unspecified atom stereocenters. The topological polar surface area (TPSA) is 102 Å². The number of benzene rings is 1. The molecule has 1 aromatic carbocycles. The quantitative estimate of drug-likeness (QED) is 0.489. The summed E-state index contributed by atoms with van der Waals surface area (Å²) >= 11 is 0. The van der Waals surface area contributed by atoms with Crippen molar-refractivity contribution in [3.05, 3.63) is 29.8 Å². The van der Waals surface area contributed by atoms with Crippen molar-refractivity contribution in [1.29, 1.82) is 0 Å². The van der Waals surface area contributed by atoms with E-state index in [0.29, 0.717) is 31.9 Å². The van der Waals surface area contributed by atoms with Crippen molar-refractivity contribution in [2.45, 2.75) is 18.9 Å². The molecule has 1 aromatic rings. The summed E-state index contributed by atoms with van der Waals surface area (Å²) in [5.74, 6) is -1.96. The summed E-state index contributed by atoms with van der Waals surface area (Å²) < 4.78 is 82.0. The van der Waals surface area contributed by atoms with Gasteiger partial charge in [-0.3, -0.25) is 14.2 Å². The van der Waals surface area contributed by atoms with Gasteiger partial charge in [-0.2, -0.15) is 8.42 Å². The third kappa shape index (κ3) is 8.87. The van der Waals surface area contributed by atoms with Gasteiger partial charge in [0.15, 0.2) is 0 Å². The van der Waals surface area contributed by atoms with Crippen LogP contribution in [-0.4, -0.2) is 74.9 Å². The van der Waals surface area contributed by atoms with Crippen LogP contribution in [0.1, 0.15) is 5.56 Å². The molecule has 28 heavy (non-hydrogen) atoms. The predicted octanol–water partition coefficient (Wildman–Crippen LogP) is 1.26. The number of nitrogens with zero attached hydrogens (tertiary/aromatic N) is 1. The van der Waals surface area contributed by atoms with E-state index in [2.05, 4.69) is 4.74 Å². The molecule has 0 saturated carbocycles. The maximum Gasteiger partial charge on any atom is 0.573 e. The Bertz CT molecular complexity index is 746. The molecule has 0 aromatic heterocycles. The van der Waals surface area contributed by atoms with Gasteiger partial charge < -0.3 is 14.2 Å². The van der Waals surface area contributed by atoms with E-state index >= 15 is 0 Å². The Kier molecular flexibility index (Phi) is 7.63. The summed E-state index contributed by atoms with van der Waals surface area (Å²) in [4.78, 5) is 14.0. The molecule has 1 atom stereocenters. The van der Waals surface area contributed by atoms with Crippen LogP contribution in [-0.2, 0) is 30.8 Å². The normalized spacial score (nSPS) is 17.1. The molecule has 0 radical (unpaired) electrons. The maximum absolute atomic E-state index is 12.1. The Balaban J connectivity index is 1.94. The lowest BCUT2D eigenvalue weighted by molar-refractivity contribution is -0.274. The van der Waals surface area contributed by atoms with Crippen LogP contribution in [0.3, 0.4) is 0 Å². The van der Waals surface area contributed by atoms with Crippen molar-refractivity contribution in [3.8, 4) is 5.75 Å². The standard InChI is InChI=1S/C16H20F3NO7S/c17-16(18,19)27-13-3-1-12(2-4-13)9-15(21)26-14(11-28(22,23)24)10-20-5-7-25-8-6-20/h1-4,14H,5-11H2,(H,22,23,24). The van der Waals surface area contributed by atoms with Crippen molar-refractivity contribution >= 4 is 16.1 Å². The lowest BCUT2D eigenvalue weighted by Gasteiger charge is -2.29. The first kappa shape index (κ1) is 22.4. The Morgan fingerprint density at radius 2 is 1.82 bits per heavy atom. The van der Waals surface area contributed by atoms with Gasteiger partial charge in [-0.15, -0.1) is 13.2 Å². The van der Waals surface area contributed by atoms with E-state index in [1.807, 2.05) is 4.90 Å². The molecule has 1 aliphatic rings. The first-order chi connectivity index (χ1) is 13.0. The number of morpholine rings is 1. The average molecular weight is 427 g/mol. The van der Waals surface area contributed by atoms with E-state index in [1.165, 1.54) is 12.1 Å². The predicted molar refractivity (Wildman–Crippen MR) is 90.4 cm³/mol. The zero-order valence-electron chi connectivity index (χ0n) is 14.7. The number of carbonyl (C=O) groups excluding carboxylic acids is 1. The van der Waals surface area contributed by atoms with Gasteiger partial charge in [-0.1, -0.05) is 12.1 Å². The van der Waals surface area contributed by atoms with Crippen LogP contribution in [0.5, 0.6) is 5.75 Å². The highest BCUT2D eigenvalue weighted by molar-refractivity contribution is 7.85. The largest absolute Gasteiger partial charge is 0.573 e. The first-order valence-corrected chi connectivity index (χ1v) is 9.90. The van der Waals surface area contributed by atoms with E-state index in [4.69, 9.17) is 14.0 Å². The number of alkyl halides is 3. The third-order valence-corrected chi connectivity index (χ3v) is 4.56. The van der Waals surface area contributed by atoms with Gasteiger partial charge in [0.1, 0.15) is 17.6 Å². The van der Waals surface area contributed by atoms with Crippen molar-refractivity contribution in [2.24, 2.45) is 0 Å². The van der Waals surface area contributed by atoms with E-state index in [-0.39, 0.29) is 13.0 Å². The summed E-state index contributed by atoms with van der Waals surface area (Å²) in [7, 11) is -4.37. The highest BCUT2D eigenvalue weighted by Gasteiger charge is 2.31. The summed E-state index contributed by atoms with van der Waals surface area (Å²) in [5, 5.41) is 0. The smallest absolute Gasteiger partial charge is 0.460 e. The van der Waals surface area contributed by atoms with Crippen molar-refractivity contribution in [3.63, 3.8) is 0 Å². The van der Waals surface area contributed by atoms with E-state index in [9.17, 15) is 26.4 Å². The lowest BCUT2D eigenvalue weighted by atomic mass is 10.1. The molecule has 0 aliphatic carbocycles. The molecule has 1 fully saturated rings. The van der Waals surface area contributed by atoms with Crippen LogP contribution in [0.25, 0.3) is 0 Å². The molecule has 0 amide bonds. The number of esters is 1. The fourth-order valence-electron chi connectivity index (χ4n) is 2.63.